The maximum Gasteiger partial charge on any atom is 0.261 e. The number of rotatable bonds is 8. The molecule has 8 heteroatoms. The van der Waals surface area contributed by atoms with Crippen LogP contribution in [0.5, 0.6) is 0 Å². The number of sulfonamides is 1. The lowest BCUT2D eigenvalue weighted by molar-refractivity contribution is -0.276. The predicted octanol–water partition coefficient (Wildman–Crippen LogP) is 5.26. The monoisotopic (exact) mass is 536 g/mol. The molecule has 0 radical (unpaired) electrons. The fourth-order valence-electron chi connectivity index (χ4n) is 5.25. The number of nitrogens with zero attached hydrogens (tertiary/aromatic N) is 1. The lowest BCUT2D eigenvalue weighted by Crippen LogP contribution is -2.45. The Bertz CT molecular complexity index is 1280. The van der Waals surface area contributed by atoms with Crippen molar-refractivity contribution < 1.29 is 23.0 Å². The number of hydrogen-bond acceptors (Lipinski definition) is 6. The second-order valence-corrected chi connectivity index (χ2v) is 11.9. The molecular weight excluding hydrogens is 500 g/mol. The van der Waals surface area contributed by atoms with Crippen LogP contribution in [0, 0.1) is 5.92 Å². The van der Waals surface area contributed by atoms with E-state index in [0.717, 1.165) is 36.3 Å². The average molecular weight is 537 g/mol. The molecule has 2 N–H and O–H groups in total. The summed E-state index contributed by atoms with van der Waals surface area (Å²) in [5.41, 5.74) is 3.23. The highest BCUT2D eigenvalue weighted by Crippen LogP contribution is 2.42. The SMILES string of the molecule is CC1C(CN2CCCCC2)OC(c2ccc(NS(=O)(=O)c3ccccc3)cc2)OC1c1ccc(CO)cc1. The molecule has 202 valence electrons. The molecule has 2 aliphatic rings. The zero-order valence-electron chi connectivity index (χ0n) is 21.7. The average Bonchev–Trinajstić information content (AvgIpc) is 2.95. The summed E-state index contributed by atoms with van der Waals surface area (Å²) in [6.45, 7) is 5.21. The van der Waals surface area contributed by atoms with Crippen LogP contribution in [0.1, 0.15) is 55.3 Å². The quantitative estimate of drug-likeness (QED) is 0.409. The van der Waals surface area contributed by atoms with Crippen molar-refractivity contribution in [1.82, 2.24) is 4.90 Å². The Hall–Kier alpha value is -2.75. The van der Waals surface area contributed by atoms with E-state index in [9.17, 15) is 13.5 Å². The van der Waals surface area contributed by atoms with Gasteiger partial charge in [-0.05, 0) is 61.3 Å². The third kappa shape index (κ3) is 6.27. The van der Waals surface area contributed by atoms with Crippen molar-refractivity contribution in [1.29, 1.82) is 0 Å². The first-order valence-corrected chi connectivity index (χ1v) is 14.8. The molecule has 4 atom stereocenters. The van der Waals surface area contributed by atoms with Gasteiger partial charge in [-0.15, -0.1) is 0 Å². The Morgan fingerprint density at radius 1 is 0.868 bits per heavy atom. The molecule has 0 saturated carbocycles. The molecule has 5 rings (SSSR count). The molecule has 0 aromatic heterocycles. The Kier molecular flexibility index (Phi) is 8.45. The second kappa shape index (κ2) is 12.0. The van der Waals surface area contributed by atoms with Crippen LogP contribution in [-0.2, 0) is 26.1 Å². The molecule has 0 amide bonds. The molecule has 7 nitrogen and oxygen atoms in total. The number of aliphatic hydroxyl groups excluding tert-OH is 1. The number of hydrogen-bond donors (Lipinski definition) is 2. The van der Waals surface area contributed by atoms with Crippen LogP contribution in [-0.4, -0.2) is 44.2 Å². The zero-order chi connectivity index (χ0) is 26.5. The van der Waals surface area contributed by atoms with Crippen molar-refractivity contribution in [2.24, 2.45) is 5.92 Å². The molecule has 2 aliphatic heterocycles. The van der Waals surface area contributed by atoms with Crippen molar-refractivity contribution >= 4 is 15.7 Å². The number of aliphatic hydroxyl groups is 1. The summed E-state index contributed by atoms with van der Waals surface area (Å²) < 4.78 is 41.2. The number of ether oxygens (including phenoxy) is 2. The molecule has 0 bridgehead atoms. The van der Waals surface area contributed by atoms with Crippen LogP contribution >= 0.6 is 0 Å². The smallest absolute Gasteiger partial charge is 0.261 e. The maximum absolute atomic E-state index is 12.7. The predicted molar refractivity (Wildman–Crippen MR) is 147 cm³/mol. The summed E-state index contributed by atoms with van der Waals surface area (Å²) in [6.07, 6.45) is 2.94. The summed E-state index contributed by atoms with van der Waals surface area (Å²) in [5, 5.41) is 9.46. The number of nitrogens with one attached hydrogen (secondary N) is 1. The van der Waals surface area contributed by atoms with Crippen LogP contribution < -0.4 is 4.72 Å². The van der Waals surface area contributed by atoms with Gasteiger partial charge >= 0.3 is 0 Å². The molecule has 38 heavy (non-hydrogen) atoms. The van der Waals surface area contributed by atoms with E-state index in [1.165, 1.54) is 19.3 Å². The van der Waals surface area contributed by atoms with Crippen molar-refractivity contribution in [3.8, 4) is 0 Å². The molecular formula is C30H36N2O5S. The largest absolute Gasteiger partial charge is 0.392 e. The summed E-state index contributed by atoms with van der Waals surface area (Å²) in [6, 6.07) is 23.4. The number of anilines is 1. The zero-order valence-corrected chi connectivity index (χ0v) is 22.5. The van der Waals surface area contributed by atoms with Gasteiger partial charge in [-0.25, -0.2) is 8.42 Å². The summed E-state index contributed by atoms with van der Waals surface area (Å²) in [5.74, 6) is 0.130. The van der Waals surface area contributed by atoms with Gasteiger partial charge in [0, 0.05) is 23.7 Å². The third-order valence-electron chi connectivity index (χ3n) is 7.50. The standard InChI is InChI=1S/C30H36N2O5S/c1-22-28(20-32-18-6-3-7-19-32)36-30(37-29(22)24-12-10-23(21-33)11-13-24)25-14-16-26(17-15-25)31-38(34,35)27-8-4-2-5-9-27/h2,4-5,8-17,22,28-31,33H,3,6-7,18-21H2,1H3. The Morgan fingerprint density at radius 2 is 1.53 bits per heavy atom. The fourth-order valence-corrected chi connectivity index (χ4v) is 6.33. The first-order chi connectivity index (χ1) is 18.4. The molecule has 2 heterocycles. The van der Waals surface area contributed by atoms with E-state index in [0.29, 0.717) is 5.69 Å². The normalized spacial score (nSPS) is 24.7. The van der Waals surface area contributed by atoms with E-state index < -0.39 is 16.3 Å². The second-order valence-electron chi connectivity index (χ2n) is 10.2. The molecule has 2 saturated heterocycles. The molecule has 2 fully saturated rings. The van der Waals surface area contributed by atoms with Crippen LogP contribution in [0.2, 0.25) is 0 Å². The van der Waals surface area contributed by atoms with E-state index in [1.54, 1.807) is 42.5 Å². The van der Waals surface area contributed by atoms with Crippen LogP contribution in [0.15, 0.2) is 83.8 Å². The van der Waals surface area contributed by atoms with E-state index >= 15 is 0 Å². The molecule has 4 unspecified atom stereocenters. The van der Waals surface area contributed by atoms with Crippen LogP contribution in [0.4, 0.5) is 5.69 Å². The van der Waals surface area contributed by atoms with Gasteiger partial charge in [-0.3, -0.25) is 4.72 Å². The lowest BCUT2D eigenvalue weighted by atomic mass is 9.89. The highest BCUT2D eigenvalue weighted by molar-refractivity contribution is 7.92. The third-order valence-corrected chi connectivity index (χ3v) is 8.90. The van der Waals surface area contributed by atoms with Gasteiger partial charge in [0.25, 0.3) is 10.0 Å². The summed E-state index contributed by atoms with van der Waals surface area (Å²) in [4.78, 5) is 2.70. The van der Waals surface area contributed by atoms with E-state index in [4.69, 9.17) is 9.47 Å². The number of likely N-dealkylation sites (tertiary alicyclic amines) is 1. The molecule has 3 aromatic rings. The van der Waals surface area contributed by atoms with Crippen molar-refractivity contribution in [3.05, 3.63) is 95.6 Å². The lowest BCUT2D eigenvalue weighted by Gasteiger charge is -2.43. The Labute approximate surface area is 225 Å². The van der Waals surface area contributed by atoms with Crippen molar-refractivity contribution in [3.63, 3.8) is 0 Å². The molecule has 0 spiro atoms. The van der Waals surface area contributed by atoms with Gasteiger partial charge < -0.3 is 19.5 Å². The number of piperidine rings is 1. The van der Waals surface area contributed by atoms with Gasteiger partial charge in [-0.1, -0.05) is 67.9 Å². The minimum atomic E-state index is -3.67. The van der Waals surface area contributed by atoms with Crippen LogP contribution in [0.25, 0.3) is 0 Å². The minimum Gasteiger partial charge on any atom is -0.392 e. The highest BCUT2D eigenvalue weighted by atomic mass is 32.2. The first kappa shape index (κ1) is 26.8. The Morgan fingerprint density at radius 3 is 2.18 bits per heavy atom. The Balaban J connectivity index is 1.36. The van der Waals surface area contributed by atoms with E-state index in [-0.39, 0.29) is 29.6 Å². The van der Waals surface area contributed by atoms with Gasteiger partial charge in [-0.2, -0.15) is 0 Å². The fraction of sp³-hybridized carbons (Fsp3) is 0.400. The highest BCUT2D eigenvalue weighted by Gasteiger charge is 2.39. The van der Waals surface area contributed by atoms with E-state index in [2.05, 4.69) is 16.5 Å². The van der Waals surface area contributed by atoms with Gasteiger partial charge in [0.2, 0.25) is 0 Å². The first-order valence-electron chi connectivity index (χ1n) is 13.3. The number of benzene rings is 3. The van der Waals surface area contributed by atoms with Crippen molar-refractivity contribution in [2.45, 2.75) is 56.2 Å². The van der Waals surface area contributed by atoms with Crippen LogP contribution in [0.3, 0.4) is 0 Å². The van der Waals surface area contributed by atoms with Gasteiger partial charge in [0.15, 0.2) is 6.29 Å². The summed E-state index contributed by atoms with van der Waals surface area (Å²) in [7, 11) is -3.67. The molecule has 3 aromatic carbocycles. The minimum absolute atomic E-state index is 0.00501. The van der Waals surface area contributed by atoms with Crippen molar-refractivity contribution in [2.75, 3.05) is 24.4 Å². The van der Waals surface area contributed by atoms with Gasteiger partial charge in [0.1, 0.15) is 0 Å². The molecule has 0 aliphatic carbocycles. The topological polar surface area (TPSA) is 88.1 Å². The van der Waals surface area contributed by atoms with Gasteiger partial charge in [0.05, 0.1) is 23.7 Å². The summed E-state index contributed by atoms with van der Waals surface area (Å²) >= 11 is 0. The van der Waals surface area contributed by atoms with E-state index in [1.807, 2.05) is 36.4 Å². The maximum atomic E-state index is 12.7.